The smallest absolute Gasteiger partial charge is 0.363 e. The molecule has 0 aliphatic carbocycles. The fourth-order valence-electron chi connectivity index (χ4n) is 3.14. The third-order valence-electron chi connectivity index (χ3n) is 4.48. The van der Waals surface area contributed by atoms with Gasteiger partial charge in [-0.05, 0) is 32.4 Å². The minimum atomic E-state index is -5.01. The molecule has 1 amide bonds. The van der Waals surface area contributed by atoms with Crippen molar-refractivity contribution in [3.05, 3.63) is 11.6 Å². The van der Waals surface area contributed by atoms with Crippen LogP contribution in [0.25, 0.3) is 11.2 Å². The standard InChI is InChI=1S/C16H24ClN6O8P/c1-16(2,3)22-12(26)14(32(27,28)29)30-4-6-8(24)9(25)13(31-6)23-5-19-7-10(18)20-15(17)21-11(7)23/h5-6,8-9,13-14,24-25H,4H2,1-3H3,(H,22,26)(H2,18,20,21)(H2,27,28,29)/t6-,8+,9-,13-,14-/m1/s1. The lowest BCUT2D eigenvalue weighted by molar-refractivity contribution is -0.134. The van der Waals surface area contributed by atoms with Crippen LogP contribution >= 0.6 is 19.2 Å². The van der Waals surface area contributed by atoms with E-state index in [1.54, 1.807) is 20.8 Å². The van der Waals surface area contributed by atoms with Crippen LogP contribution in [0.1, 0.15) is 27.0 Å². The summed E-state index contributed by atoms with van der Waals surface area (Å²) in [6.45, 7) is 4.28. The van der Waals surface area contributed by atoms with Gasteiger partial charge in [-0.2, -0.15) is 9.97 Å². The number of halogens is 1. The van der Waals surface area contributed by atoms with Gasteiger partial charge in [0.15, 0.2) is 17.7 Å². The molecule has 5 atom stereocenters. The van der Waals surface area contributed by atoms with E-state index in [-0.39, 0.29) is 22.3 Å². The molecule has 178 valence electrons. The van der Waals surface area contributed by atoms with Gasteiger partial charge in [0.05, 0.1) is 12.9 Å². The van der Waals surface area contributed by atoms with Gasteiger partial charge in [0.25, 0.3) is 5.91 Å². The van der Waals surface area contributed by atoms with Gasteiger partial charge in [0, 0.05) is 5.54 Å². The van der Waals surface area contributed by atoms with Crippen molar-refractivity contribution in [3.8, 4) is 0 Å². The summed E-state index contributed by atoms with van der Waals surface area (Å²) in [7, 11) is -5.01. The highest BCUT2D eigenvalue weighted by molar-refractivity contribution is 7.53. The van der Waals surface area contributed by atoms with Crippen LogP contribution < -0.4 is 11.1 Å². The van der Waals surface area contributed by atoms with E-state index in [0.717, 1.165) is 0 Å². The van der Waals surface area contributed by atoms with Crippen LogP contribution in [-0.2, 0) is 18.8 Å². The maximum absolute atomic E-state index is 12.3. The number of rotatable bonds is 6. The molecule has 3 rings (SSSR count). The van der Waals surface area contributed by atoms with Crippen LogP contribution in [-0.4, -0.2) is 81.7 Å². The minimum Gasteiger partial charge on any atom is -0.387 e. The summed E-state index contributed by atoms with van der Waals surface area (Å²) in [5.74, 6) is -3.16. The molecule has 2 aromatic heterocycles. The molecule has 1 fully saturated rings. The Morgan fingerprint density at radius 3 is 2.62 bits per heavy atom. The third-order valence-corrected chi connectivity index (χ3v) is 5.64. The number of ether oxygens (including phenoxy) is 2. The van der Waals surface area contributed by atoms with E-state index in [2.05, 4.69) is 20.3 Å². The van der Waals surface area contributed by atoms with Crippen LogP contribution in [0.3, 0.4) is 0 Å². The fraction of sp³-hybridized carbons (Fsp3) is 0.625. The number of amides is 1. The van der Waals surface area contributed by atoms with Gasteiger partial charge in [-0.25, -0.2) is 4.98 Å². The summed E-state index contributed by atoms with van der Waals surface area (Å²) in [6.07, 6.45) is -4.20. The number of fused-ring (bicyclic) bond motifs is 1. The third kappa shape index (κ3) is 5.18. The number of aliphatic hydroxyl groups excluding tert-OH is 2. The summed E-state index contributed by atoms with van der Waals surface area (Å²) < 4.78 is 23.8. The van der Waals surface area contributed by atoms with Gasteiger partial charge in [-0.3, -0.25) is 13.9 Å². The molecule has 0 aromatic carbocycles. The minimum absolute atomic E-state index is 0.000940. The first-order valence-electron chi connectivity index (χ1n) is 9.35. The number of hydrogen-bond acceptors (Lipinski definition) is 10. The van der Waals surface area contributed by atoms with Gasteiger partial charge in [0.1, 0.15) is 23.8 Å². The van der Waals surface area contributed by atoms with Crippen LogP contribution in [0.15, 0.2) is 6.33 Å². The molecule has 0 radical (unpaired) electrons. The maximum atomic E-state index is 12.3. The first-order chi connectivity index (χ1) is 14.7. The Hall–Kier alpha value is -1.90. The zero-order chi connectivity index (χ0) is 24.0. The monoisotopic (exact) mass is 494 g/mol. The van der Waals surface area contributed by atoms with Crippen molar-refractivity contribution in [1.29, 1.82) is 0 Å². The van der Waals surface area contributed by atoms with Gasteiger partial charge in [-0.15, -0.1) is 0 Å². The SMILES string of the molecule is CC(C)(C)NC(=O)[C@H](OC[C@H]1O[C@@H](n2cnc3c(N)nc(Cl)nc32)[C@H](O)[C@H]1O)P(=O)(O)O. The Labute approximate surface area is 186 Å². The predicted octanol–water partition coefficient (Wildman–Crippen LogP) is -0.884. The average molecular weight is 495 g/mol. The first kappa shape index (κ1) is 24.7. The van der Waals surface area contributed by atoms with Crippen molar-refractivity contribution in [2.75, 3.05) is 12.3 Å². The molecule has 1 saturated heterocycles. The van der Waals surface area contributed by atoms with Gasteiger partial charge < -0.3 is 40.5 Å². The molecule has 0 spiro atoms. The average Bonchev–Trinajstić information content (AvgIpc) is 3.15. The Morgan fingerprint density at radius 1 is 1.38 bits per heavy atom. The van der Waals surface area contributed by atoms with E-state index < -0.39 is 56.0 Å². The summed E-state index contributed by atoms with van der Waals surface area (Å²) in [4.78, 5) is 43.2. The number of anilines is 1. The quantitative estimate of drug-likeness (QED) is 0.213. The Kier molecular flexibility index (Phi) is 6.80. The number of nitrogens with one attached hydrogen (secondary N) is 1. The van der Waals surface area contributed by atoms with Crippen molar-refractivity contribution in [3.63, 3.8) is 0 Å². The van der Waals surface area contributed by atoms with Crippen molar-refractivity contribution in [1.82, 2.24) is 24.8 Å². The van der Waals surface area contributed by atoms with Crippen molar-refractivity contribution >= 4 is 42.1 Å². The van der Waals surface area contributed by atoms with Crippen LogP contribution in [0, 0.1) is 0 Å². The predicted molar refractivity (Wildman–Crippen MR) is 110 cm³/mol. The molecule has 3 heterocycles. The molecule has 14 nitrogen and oxygen atoms in total. The number of carbonyl (C=O) groups is 1. The van der Waals surface area contributed by atoms with Crippen LogP contribution in [0.5, 0.6) is 0 Å². The molecule has 0 bridgehead atoms. The van der Waals surface area contributed by atoms with Crippen LogP contribution in [0.2, 0.25) is 5.28 Å². The fourth-order valence-corrected chi connectivity index (χ4v) is 3.96. The van der Waals surface area contributed by atoms with E-state index in [1.165, 1.54) is 10.9 Å². The Bertz CT molecular complexity index is 1060. The largest absolute Gasteiger partial charge is 0.387 e. The summed E-state index contributed by atoms with van der Waals surface area (Å²) >= 11 is 5.83. The van der Waals surface area contributed by atoms with Crippen LogP contribution in [0.4, 0.5) is 5.82 Å². The van der Waals surface area contributed by atoms with E-state index in [4.69, 9.17) is 26.8 Å². The number of imidazole rings is 1. The second-order valence-electron chi connectivity index (χ2n) is 8.26. The summed E-state index contributed by atoms with van der Waals surface area (Å²) in [6, 6.07) is 0. The Morgan fingerprint density at radius 2 is 2.03 bits per heavy atom. The normalized spacial score (nSPS) is 25.2. The highest BCUT2D eigenvalue weighted by atomic mass is 35.5. The topological polar surface area (TPSA) is 215 Å². The van der Waals surface area contributed by atoms with E-state index in [0.29, 0.717) is 0 Å². The highest BCUT2D eigenvalue weighted by Gasteiger charge is 2.46. The summed E-state index contributed by atoms with van der Waals surface area (Å²) in [5.41, 5.74) is 5.32. The van der Waals surface area contributed by atoms with Gasteiger partial charge in [0.2, 0.25) is 11.1 Å². The van der Waals surface area contributed by atoms with Gasteiger partial charge >= 0.3 is 7.60 Å². The second-order valence-corrected chi connectivity index (χ2v) is 10.2. The van der Waals surface area contributed by atoms with E-state index >= 15 is 0 Å². The number of nitrogens with zero attached hydrogens (tertiary/aromatic N) is 4. The molecule has 16 heteroatoms. The number of hydrogen-bond donors (Lipinski definition) is 6. The first-order valence-corrected chi connectivity index (χ1v) is 11.4. The number of carbonyl (C=O) groups excluding carboxylic acids is 1. The lowest BCUT2D eigenvalue weighted by Crippen LogP contribution is -2.47. The second kappa shape index (κ2) is 8.80. The molecule has 1 aliphatic heterocycles. The molecule has 32 heavy (non-hydrogen) atoms. The van der Waals surface area contributed by atoms with Crippen molar-refractivity contribution in [2.45, 2.75) is 56.7 Å². The van der Waals surface area contributed by atoms with Crippen molar-refractivity contribution in [2.24, 2.45) is 0 Å². The van der Waals surface area contributed by atoms with Gasteiger partial charge in [-0.1, -0.05) is 0 Å². The molecular weight excluding hydrogens is 471 g/mol. The lowest BCUT2D eigenvalue weighted by Gasteiger charge is -2.26. The molecular formula is C16H24ClN6O8P. The number of nitrogen functional groups attached to an aromatic ring is 1. The van der Waals surface area contributed by atoms with Crippen molar-refractivity contribution < 1.29 is 38.8 Å². The number of aliphatic hydroxyl groups is 2. The zero-order valence-electron chi connectivity index (χ0n) is 17.3. The lowest BCUT2D eigenvalue weighted by atomic mass is 10.1. The number of aromatic nitrogens is 4. The zero-order valence-corrected chi connectivity index (χ0v) is 18.9. The van der Waals surface area contributed by atoms with E-state index in [1.807, 2.05) is 0 Å². The highest BCUT2D eigenvalue weighted by Crippen LogP contribution is 2.43. The molecule has 1 aliphatic rings. The molecule has 0 saturated carbocycles. The molecule has 2 aromatic rings. The molecule has 0 unspecified atom stereocenters. The number of nitrogens with two attached hydrogens (primary N) is 1. The van der Waals surface area contributed by atoms with E-state index in [9.17, 15) is 29.4 Å². The maximum Gasteiger partial charge on any atom is 0.363 e. The molecule has 7 N–H and O–H groups in total. The Balaban J connectivity index is 1.78. The summed E-state index contributed by atoms with van der Waals surface area (Å²) in [5, 5.41) is 23.1.